The number of nitrogens with zero attached hydrogens (tertiary/aromatic N) is 2. The molecule has 23 heavy (non-hydrogen) atoms. The van der Waals surface area contributed by atoms with E-state index in [9.17, 15) is 0 Å². The van der Waals surface area contributed by atoms with Crippen molar-refractivity contribution >= 4 is 11.6 Å². The summed E-state index contributed by atoms with van der Waals surface area (Å²) in [6.07, 6.45) is 15.0. The van der Waals surface area contributed by atoms with Crippen molar-refractivity contribution < 1.29 is 4.74 Å². The predicted octanol–water partition coefficient (Wildman–Crippen LogP) is 3.63. The van der Waals surface area contributed by atoms with Gasteiger partial charge in [-0.15, -0.1) is 0 Å². The standard InChI is InChI=1S/C19H23ClN2O/c20-19-10-17-13-22(7-5-15(17)11-21-19)12-16-4-2-1-3-14(16)9-18-6-8-23-18/h1-4,10-11,14,16,18H,5-9,12-13H2/t14-,16?,18?/m1/s1. The Kier molecular flexibility index (Phi) is 4.52. The van der Waals surface area contributed by atoms with Gasteiger partial charge in [-0.1, -0.05) is 35.9 Å². The van der Waals surface area contributed by atoms with Crippen LogP contribution in [0, 0.1) is 11.8 Å². The molecule has 0 bridgehead atoms. The number of rotatable bonds is 4. The molecule has 3 nitrogen and oxygen atoms in total. The molecule has 0 aromatic carbocycles. The van der Waals surface area contributed by atoms with E-state index in [1.165, 1.54) is 17.5 Å². The summed E-state index contributed by atoms with van der Waals surface area (Å²) < 4.78 is 5.64. The molecular formula is C19H23ClN2O. The largest absolute Gasteiger partial charge is 0.378 e. The molecule has 4 heteroatoms. The van der Waals surface area contributed by atoms with Crippen molar-refractivity contribution in [1.82, 2.24) is 9.88 Å². The van der Waals surface area contributed by atoms with Crippen LogP contribution >= 0.6 is 11.6 Å². The maximum absolute atomic E-state index is 6.06. The zero-order valence-corrected chi connectivity index (χ0v) is 14.1. The van der Waals surface area contributed by atoms with Crippen LogP contribution < -0.4 is 0 Å². The Morgan fingerprint density at radius 2 is 2.04 bits per heavy atom. The molecule has 0 radical (unpaired) electrons. The number of halogens is 1. The van der Waals surface area contributed by atoms with Gasteiger partial charge in [-0.2, -0.15) is 0 Å². The second-order valence-electron chi connectivity index (χ2n) is 6.88. The topological polar surface area (TPSA) is 25.4 Å². The van der Waals surface area contributed by atoms with Crippen molar-refractivity contribution in [2.45, 2.75) is 31.9 Å². The van der Waals surface area contributed by atoms with Gasteiger partial charge < -0.3 is 4.74 Å². The molecule has 1 saturated heterocycles. The summed E-state index contributed by atoms with van der Waals surface area (Å²) >= 11 is 6.06. The monoisotopic (exact) mass is 330 g/mol. The lowest BCUT2D eigenvalue weighted by Gasteiger charge is -2.36. The van der Waals surface area contributed by atoms with Crippen LogP contribution in [0.4, 0.5) is 0 Å². The first-order valence-electron chi connectivity index (χ1n) is 8.60. The molecule has 3 aliphatic rings. The average Bonchev–Trinajstić information content (AvgIpc) is 2.52. The third kappa shape index (κ3) is 3.52. The van der Waals surface area contributed by atoms with Crippen LogP contribution in [-0.2, 0) is 17.7 Å². The van der Waals surface area contributed by atoms with Crippen LogP contribution in [0.1, 0.15) is 24.0 Å². The van der Waals surface area contributed by atoms with E-state index in [2.05, 4.69) is 34.2 Å². The van der Waals surface area contributed by atoms with Crippen LogP contribution in [0.25, 0.3) is 0 Å². The summed E-state index contributed by atoms with van der Waals surface area (Å²) in [5, 5.41) is 0.603. The normalized spacial score (nSPS) is 30.0. The summed E-state index contributed by atoms with van der Waals surface area (Å²) in [7, 11) is 0. The highest BCUT2D eigenvalue weighted by Gasteiger charge is 2.28. The van der Waals surface area contributed by atoms with E-state index >= 15 is 0 Å². The van der Waals surface area contributed by atoms with Gasteiger partial charge in [0.15, 0.2) is 0 Å². The highest BCUT2D eigenvalue weighted by molar-refractivity contribution is 6.29. The Hall–Kier alpha value is -1.16. The first-order chi connectivity index (χ1) is 11.3. The highest BCUT2D eigenvalue weighted by atomic mass is 35.5. The molecule has 122 valence electrons. The number of ether oxygens (including phenoxy) is 1. The average molecular weight is 331 g/mol. The molecule has 0 spiro atoms. The second kappa shape index (κ2) is 6.76. The summed E-state index contributed by atoms with van der Waals surface area (Å²) in [4.78, 5) is 6.76. The highest BCUT2D eigenvalue weighted by Crippen LogP contribution is 2.31. The molecule has 3 heterocycles. The Balaban J connectivity index is 1.40. The Morgan fingerprint density at radius 3 is 2.83 bits per heavy atom. The molecule has 2 unspecified atom stereocenters. The lowest BCUT2D eigenvalue weighted by atomic mass is 9.82. The number of allylic oxidation sites excluding steroid dienone is 3. The smallest absolute Gasteiger partial charge is 0.129 e. The van der Waals surface area contributed by atoms with Gasteiger partial charge in [-0.05, 0) is 48.3 Å². The van der Waals surface area contributed by atoms with E-state index in [0.29, 0.717) is 23.1 Å². The molecule has 2 aliphatic heterocycles. The van der Waals surface area contributed by atoms with Gasteiger partial charge in [0, 0.05) is 32.4 Å². The zero-order chi connectivity index (χ0) is 15.6. The van der Waals surface area contributed by atoms with Crippen LogP contribution in [0.2, 0.25) is 5.15 Å². The lowest BCUT2D eigenvalue weighted by molar-refractivity contribution is -0.0628. The van der Waals surface area contributed by atoms with Gasteiger partial charge in [0.2, 0.25) is 0 Å². The molecule has 1 aromatic rings. The third-order valence-electron chi connectivity index (χ3n) is 5.32. The van der Waals surface area contributed by atoms with Gasteiger partial charge in [0.25, 0.3) is 0 Å². The van der Waals surface area contributed by atoms with Gasteiger partial charge in [0.05, 0.1) is 6.10 Å². The molecule has 4 rings (SSSR count). The van der Waals surface area contributed by atoms with E-state index in [0.717, 1.165) is 39.1 Å². The fourth-order valence-electron chi connectivity index (χ4n) is 3.84. The van der Waals surface area contributed by atoms with E-state index in [1.807, 2.05) is 12.3 Å². The first kappa shape index (κ1) is 15.4. The van der Waals surface area contributed by atoms with Crippen LogP contribution in [0.15, 0.2) is 36.6 Å². The van der Waals surface area contributed by atoms with E-state index < -0.39 is 0 Å². The summed E-state index contributed by atoms with van der Waals surface area (Å²) in [5.41, 5.74) is 2.69. The van der Waals surface area contributed by atoms with Gasteiger partial charge in [-0.3, -0.25) is 4.90 Å². The van der Waals surface area contributed by atoms with Crippen molar-refractivity contribution in [3.63, 3.8) is 0 Å². The van der Waals surface area contributed by atoms with E-state index in [-0.39, 0.29) is 0 Å². The minimum atomic E-state index is 0.477. The SMILES string of the molecule is Clc1cc2c(cn1)CCN(CC1C=CC=C[C@@H]1CC1CCO1)C2. The predicted molar refractivity (Wildman–Crippen MR) is 92.5 cm³/mol. The molecule has 1 fully saturated rings. The second-order valence-corrected chi connectivity index (χ2v) is 7.26. The maximum Gasteiger partial charge on any atom is 0.129 e. The third-order valence-corrected chi connectivity index (χ3v) is 5.52. The maximum atomic E-state index is 6.06. The molecule has 3 atom stereocenters. The minimum Gasteiger partial charge on any atom is -0.378 e. The summed E-state index contributed by atoms with van der Waals surface area (Å²) in [5.74, 6) is 1.19. The Morgan fingerprint density at radius 1 is 1.22 bits per heavy atom. The van der Waals surface area contributed by atoms with Crippen LogP contribution in [0.3, 0.4) is 0 Å². The summed E-state index contributed by atoms with van der Waals surface area (Å²) in [6, 6.07) is 2.03. The van der Waals surface area contributed by atoms with E-state index in [4.69, 9.17) is 16.3 Å². The zero-order valence-electron chi connectivity index (χ0n) is 13.3. The van der Waals surface area contributed by atoms with Crippen molar-refractivity contribution in [3.05, 3.63) is 52.8 Å². The van der Waals surface area contributed by atoms with Gasteiger partial charge >= 0.3 is 0 Å². The van der Waals surface area contributed by atoms with Crippen molar-refractivity contribution in [2.75, 3.05) is 19.7 Å². The number of fused-ring (bicyclic) bond motifs is 1. The molecular weight excluding hydrogens is 308 g/mol. The minimum absolute atomic E-state index is 0.477. The first-order valence-corrected chi connectivity index (χ1v) is 8.98. The molecule has 0 amide bonds. The van der Waals surface area contributed by atoms with Gasteiger partial charge in [-0.25, -0.2) is 4.98 Å². The van der Waals surface area contributed by atoms with Crippen LogP contribution in [0.5, 0.6) is 0 Å². The molecule has 0 N–H and O–H groups in total. The molecule has 1 aliphatic carbocycles. The number of aromatic nitrogens is 1. The fraction of sp³-hybridized carbons (Fsp3) is 0.526. The van der Waals surface area contributed by atoms with E-state index in [1.54, 1.807) is 0 Å². The number of pyridine rings is 1. The fourth-order valence-corrected chi connectivity index (χ4v) is 4.02. The molecule has 0 saturated carbocycles. The van der Waals surface area contributed by atoms with Gasteiger partial charge in [0.1, 0.15) is 5.15 Å². The number of hydrogen-bond acceptors (Lipinski definition) is 3. The number of hydrogen-bond donors (Lipinski definition) is 0. The van der Waals surface area contributed by atoms with Crippen molar-refractivity contribution in [1.29, 1.82) is 0 Å². The Bertz CT molecular complexity index is 624. The summed E-state index contributed by atoms with van der Waals surface area (Å²) in [6.45, 7) is 4.15. The Labute approximate surface area is 143 Å². The lowest BCUT2D eigenvalue weighted by Crippen LogP contribution is -2.38. The van der Waals surface area contributed by atoms with Crippen LogP contribution in [-0.4, -0.2) is 35.7 Å². The molecule has 1 aromatic heterocycles. The van der Waals surface area contributed by atoms with Crippen molar-refractivity contribution in [3.8, 4) is 0 Å². The van der Waals surface area contributed by atoms with Crippen molar-refractivity contribution in [2.24, 2.45) is 11.8 Å². The quantitative estimate of drug-likeness (QED) is 0.788.